The maximum atomic E-state index is 11.8. The Kier molecular flexibility index (Phi) is 4.19. The molecule has 0 fully saturated rings. The van der Waals surface area contributed by atoms with Crippen molar-refractivity contribution in [3.8, 4) is 0 Å². The second-order valence-corrected chi connectivity index (χ2v) is 6.00. The lowest BCUT2D eigenvalue weighted by Gasteiger charge is -2.19. The maximum Gasteiger partial charge on any atom is 0.323 e. The maximum absolute atomic E-state index is 11.8. The van der Waals surface area contributed by atoms with Gasteiger partial charge >= 0.3 is 5.97 Å². The standard InChI is InChI=1S/C10H14N2O4S/c1-8(10(13)14)17(15,16)12(2)7-9-4-3-5-11-6-9/h3-6,8H,7H2,1-2H3,(H,13,14). The third kappa shape index (κ3) is 3.24. The summed E-state index contributed by atoms with van der Waals surface area (Å²) in [4.78, 5) is 14.5. The molecule has 0 aromatic carbocycles. The van der Waals surface area contributed by atoms with Gasteiger partial charge in [-0.15, -0.1) is 0 Å². The molecule has 0 radical (unpaired) electrons. The zero-order valence-corrected chi connectivity index (χ0v) is 10.4. The third-order valence-electron chi connectivity index (χ3n) is 2.36. The molecule has 6 nitrogen and oxygen atoms in total. The van der Waals surface area contributed by atoms with Crippen LogP contribution < -0.4 is 0 Å². The van der Waals surface area contributed by atoms with Crippen LogP contribution in [0.1, 0.15) is 12.5 Å². The molecule has 0 aliphatic heterocycles. The van der Waals surface area contributed by atoms with E-state index in [1.807, 2.05) is 0 Å². The molecular weight excluding hydrogens is 244 g/mol. The molecule has 1 rings (SSSR count). The fourth-order valence-electron chi connectivity index (χ4n) is 1.24. The Morgan fingerprint density at radius 2 is 2.24 bits per heavy atom. The average molecular weight is 258 g/mol. The number of rotatable bonds is 5. The van der Waals surface area contributed by atoms with Crippen LogP contribution in [-0.2, 0) is 21.4 Å². The molecule has 1 atom stereocenters. The van der Waals surface area contributed by atoms with E-state index in [1.165, 1.54) is 13.2 Å². The number of carboxylic acids is 1. The summed E-state index contributed by atoms with van der Waals surface area (Å²) in [6, 6.07) is 3.42. The van der Waals surface area contributed by atoms with Crippen LogP contribution in [0.4, 0.5) is 0 Å². The Labute approximate surface area is 100.0 Å². The molecule has 7 heteroatoms. The highest BCUT2D eigenvalue weighted by Gasteiger charge is 2.31. The number of hydrogen-bond acceptors (Lipinski definition) is 4. The first-order valence-corrected chi connectivity index (χ1v) is 6.43. The van der Waals surface area contributed by atoms with Gasteiger partial charge in [0.2, 0.25) is 10.0 Å². The van der Waals surface area contributed by atoms with Crippen LogP contribution in [0.3, 0.4) is 0 Å². The van der Waals surface area contributed by atoms with Crippen LogP contribution in [-0.4, -0.2) is 41.1 Å². The Bertz CT molecular complexity index is 486. The van der Waals surface area contributed by atoms with Crippen molar-refractivity contribution < 1.29 is 18.3 Å². The van der Waals surface area contributed by atoms with Crippen molar-refractivity contribution in [1.29, 1.82) is 0 Å². The van der Waals surface area contributed by atoms with Gasteiger partial charge in [-0.05, 0) is 18.6 Å². The van der Waals surface area contributed by atoms with E-state index in [2.05, 4.69) is 4.98 Å². The molecule has 1 unspecified atom stereocenters. The van der Waals surface area contributed by atoms with Gasteiger partial charge in [0.25, 0.3) is 0 Å². The summed E-state index contributed by atoms with van der Waals surface area (Å²) in [6.45, 7) is 1.26. The van der Waals surface area contributed by atoms with E-state index in [4.69, 9.17) is 5.11 Å². The molecule has 0 saturated carbocycles. The highest BCUT2D eigenvalue weighted by Crippen LogP contribution is 2.11. The lowest BCUT2D eigenvalue weighted by Crippen LogP contribution is -2.38. The van der Waals surface area contributed by atoms with Crippen LogP contribution in [0.5, 0.6) is 0 Å². The van der Waals surface area contributed by atoms with Gasteiger partial charge in [-0.25, -0.2) is 8.42 Å². The molecule has 0 amide bonds. The second-order valence-electron chi connectivity index (χ2n) is 3.64. The summed E-state index contributed by atoms with van der Waals surface area (Å²) in [5, 5.41) is 7.26. The smallest absolute Gasteiger partial charge is 0.323 e. The van der Waals surface area contributed by atoms with Gasteiger partial charge in [0.1, 0.15) is 0 Å². The number of pyridine rings is 1. The van der Waals surface area contributed by atoms with Crippen molar-refractivity contribution in [2.45, 2.75) is 18.7 Å². The quantitative estimate of drug-likeness (QED) is 0.821. The molecule has 0 spiro atoms. The lowest BCUT2D eigenvalue weighted by atomic mass is 10.3. The number of aromatic nitrogens is 1. The number of carbonyl (C=O) groups is 1. The molecular formula is C10H14N2O4S. The topological polar surface area (TPSA) is 87.6 Å². The van der Waals surface area contributed by atoms with E-state index in [-0.39, 0.29) is 6.54 Å². The molecule has 1 aromatic rings. The van der Waals surface area contributed by atoms with E-state index in [9.17, 15) is 13.2 Å². The summed E-state index contributed by atoms with van der Waals surface area (Å²) >= 11 is 0. The SMILES string of the molecule is CC(C(=O)O)S(=O)(=O)N(C)Cc1cccnc1. The van der Waals surface area contributed by atoms with E-state index in [0.717, 1.165) is 11.2 Å². The first-order valence-electron chi connectivity index (χ1n) is 4.92. The fraction of sp³-hybridized carbons (Fsp3) is 0.400. The fourth-order valence-corrected chi connectivity index (χ4v) is 2.36. The molecule has 0 bridgehead atoms. The second kappa shape index (κ2) is 5.24. The van der Waals surface area contributed by atoms with Crippen molar-refractivity contribution >= 4 is 16.0 Å². The average Bonchev–Trinajstić information content (AvgIpc) is 2.29. The normalized spacial score (nSPS) is 13.6. The highest BCUT2D eigenvalue weighted by atomic mass is 32.2. The largest absolute Gasteiger partial charge is 0.480 e. The van der Waals surface area contributed by atoms with Crippen LogP contribution in [0.25, 0.3) is 0 Å². The number of aliphatic carboxylic acids is 1. The summed E-state index contributed by atoms with van der Waals surface area (Å²) in [7, 11) is -2.48. The molecule has 1 N–H and O–H groups in total. The van der Waals surface area contributed by atoms with Crippen LogP contribution in [0, 0.1) is 0 Å². The van der Waals surface area contributed by atoms with Crippen LogP contribution in [0.2, 0.25) is 0 Å². The summed E-state index contributed by atoms with van der Waals surface area (Å²) < 4.78 is 24.6. The van der Waals surface area contributed by atoms with E-state index in [0.29, 0.717) is 5.56 Å². The Balaban J connectivity index is 2.84. The first-order chi connectivity index (χ1) is 7.85. The zero-order chi connectivity index (χ0) is 13.1. The Hall–Kier alpha value is -1.47. The number of nitrogens with zero attached hydrogens (tertiary/aromatic N) is 2. The zero-order valence-electron chi connectivity index (χ0n) is 9.57. The minimum atomic E-state index is -3.83. The number of carboxylic acid groups (broad SMARTS) is 1. The van der Waals surface area contributed by atoms with Gasteiger partial charge in [0.05, 0.1) is 0 Å². The molecule has 0 aliphatic carbocycles. The van der Waals surface area contributed by atoms with E-state index >= 15 is 0 Å². The monoisotopic (exact) mass is 258 g/mol. The summed E-state index contributed by atoms with van der Waals surface area (Å²) in [5.41, 5.74) is 0.705. The van der Waals surface area contributed by atoms with Crippen molar-refractivity contribution in [2.75, 3.05) is 7.05 Å². The van der Waals surface area contributed by atoms with Crippen molar-refractivity contribution in [3.05, 3.63) is 30.1 Å². The molecule has 94 valence electrons. The molecule has 0 saturated heterocycles. The predicted molar refractivity (Wildman–Crippen MR) is 61.7 cm³/mol. The molecule has 0 aliphatic rings. The van der Waals surface area contributed by atoms with Gasteiger partial charge < -0.3 is 5.11 Å². The van der Waals surface area contributed by atoms with Crippen LogP contribution >= 0.6 is 0 Å². The van der Waals surface area contributed by atoms with Gasteiger partial charge in [-0.1, -0.05) is 6.07 Å². The predicted octanol–water partition coefficient (Wildman–Crippen LogP) is 0.316. The van der Waals surface area contributed by atoms with E-state index < -0.39 is 21.2 Å². The van der Waals surface area contributed by atoms with Crippen molar-refractivity contribution in [2.24, 2.45) is 0 Å². The van der Waals surface area contributed by atoms with Gasteiger partial charge in [-0.2, -0.15) is 4.31 Å². The van der Waals surface area contributed by atoms with E-state index in [1.54, 1.807) is 18.3 Å². The third-order valence-corrected chi connectivity index (χ3v) is 4.45. The van der Waals surface area contributed by atoms with Gasteiger partial charge in [0.15, 0.2) is 5.25 Å². The summed E-state index contributed by atoms with van der Waals surface area (Å²) in [6.07, 6.45) is 3.12. The Morgan fingerprint density at radius 1 is 1.59 bits per heavy atom. The van der Waals surface area contributed by atoms with Gasteiger partial charge in [-0.3, -0.25) is 9.78 Å². The first kappa shape index (κ1) is 13.6. The van der Waals surface area contributed by atoms with Crippen LogP contribution in [0.15, 0.2) is 24.5 Å². The Morgan fingerprint density at radius 3 is 2.71 bits per heavy atom. The molecule has 1 heterocycles. The number of hydrogen-bond donors (Lipinski definition) is 1. The van der Waals surface area contributed by atoms with Gasteiger partial charge in [0, 0.05) is 26.0 Å². The van der Waals surface area contributed by atoms with Crippen molar-refractivity contribution in [3.63, 3.8) is 0 Å². The summed E-state index contributed by atoms with van der Waals surface area (Å²) in [5.74, 6) is -1.36. The minimum absolute atomic E-state index is 0.105. The molecule has 17 heavy (non-hydrogen) atoms. The minimum Gasteiger partial charge on any atom is -0.480 e. The van der Waals surface area contributed by atoms with Crippen molar-refractivity contribution in [1.82, 2.24) is 9.29 Å². The highest BCUT2D eigenvalue weighted by molar-refractivity contribution is 7.90. The molecule has 1 aromatic heterocycles. The lowest BCUT2D eigenvalue weighted by molar-refractivity contribution is -0.136. The number of sulfonamides is 1.